The van der Waals surface area contributed by atoms with Crippen LogP contribution in [0.4, 0.5) is 65.9 Å². The third-order valence-corrected chi connectivity index (χ3v) is 7.82. The molecule has 51 heavy (non-hydrogen) atoms. The lowest BCUT2D eigenvalue weighted by Crippen LogP contribution is -3.04. The lowest BCUT2D eigenvalue weighted by Gasteiger charge is -2.44. The van der Waals surface area contributed by atoms with Crippen LogP contribution in [0, 0.1) is 87.3 Å². The molecule has 18 heteroatoms. The predicted octanol–water partition coefficient (Wildman–Crippen LogP) is 5.19. The molecule has 0 aromatic heterocycles. The molecule has 0 heterocycles. The molecule has 0 atom stereocenters. The van der Waals surface area contributed by atoms with Crippen molar-refractivity contribution in [3.05, 3.63) is 147 Å². The molecular weight excluding hydrogens is 722 g/mol. The molecule has 5 aromatic carbocycles. The van der Waals surface area contributed by atoms with E-state index in [2.05, 4.69) is 44.4 Å². The second-order valence-electron chi connectivity index (χ2n) is 11.3. The number of phenols is 1. The molecule has 5 rings (SSSR count). The number of rotatable bonds is 6. The van der Waals surface area contributed by atoms with Crippen LogP contribution in [0.1, 0.15) is 5.56 Å². The van der Waals surface area contributed by atoms with Crippen molar-refractivity contribution >= 4 is 28.0 Å². The molecule has 0 unspecified atom stereocenters. The standard InChI is InChI=1S/C24H5BF15O.C9H13N/c26-10-7(11(27)17(33)22(38)16(10)32)25(5-1-3-6(41)4-2-5,8-12(28)18(34)23(39)19(35)13(8)29)9-14(30)20(36)24(40)21(37)15(9)31;1-10(2)8-9-6-4-3-5-7-9/h1-4,41H;3-7H,8H2,1-2H3/q-1;/p+1. The smallest absolute Gasteiger partial charge is 0.200 e. The van der Waals surface area contributed by atoms with E-state index in [1.165, 1.54) is 10.5 Å². The lowest BCUT2D eigenvalue weighted by atomic mass is 9.12. The van der Waals surface area contributed by atoms with Gasteiger partial charge >= 0.3 is 0 Å². The molecule has 0 spiro atoms. The van der Waals surface area contributed by atoms with E-state index in [1.54, 1.807) is 0 Å². The van der Waals surface area contributed by atoms with E-state index in [0.717, 1.165) is 6.54 Å². The molecule has 0 saturated carbocycles. The van der Waals surface area contributed by atoms with Gasteiger partial charge in [-0.05, 0) is 12.1 Å². The van der Waals surface area contributed by atoms with Gasteiger partial charge in [-0.2, -0.15) is 5.46 Å². The van der Waals surface area contributed by atoms with Crippen LogP contribution < -0.4 is 26.8 Å². The van der Waals surface area contributed by atoms with Crippen molar-refractivity contribution in [2.75, 3.05) is 14.1 Å². The maximum atomic E-state index is 15.4. The average molecular weight is 741 g/mol. The van der Waals surface area contributed by atoms with E-state index in [9.17, 15) is 44.6 Å². The third kappa shape index (κ3) is 6.47. The molecule has 0 aliphatic rings. The number of nitrogens with one attached hydrogen (secondary N) is 1. The largest absolute Gasteiger partial charge is 0.508 e. The van der Waals surface area contributed by atoms with Crippen molar-refractivity contribution in [3.8, 4) is 5.75 Å². The van der Waals surface area contributed by atoms with Gasteiger partial charge in [0.25, 0.3) is 0 Å². The van der Waals surface area contributed by atoms with Crippen molar-refractivity contribution in [1.29, 1.82) is 0 Å². The summed E-state index contributed by atoms with van der Waals surface area (Å²) in [4.78, 5) is 1.46. The first-order valence-electron chi connectivity index (χ1n) is 14.2. The zero-order valence-electron chi connectivity index (χ0n) is 25.6. The molecule has 0 aliphatic carbocycles. The monoisotopic (exact) mass is 741 g/mol. The summed E-state index contributed by atoms with van der Waals surface area (Å²) >= 11 is 0. The second-order valence-corrected chi connectivity index (χ2v) is 11.3. The summed E-state index contributed by atoms with van der Waals surface area (Å²) in [7, 11) is 4.32. The van der Waals surface area contributed by atoms with E-state index in [-0.39, 0.29) is 12.1 Å². The van der Waals surface area contributed by atoms with Gasteiger partial charge in [0.2, 0.25) is 0 Å². The number of benzene rings is 5. The van der Waals surface area contributed by atoms with Crippen LogP contribution in [0.15, 0.2) is 54.6 Å². The number of quaternary nitrogens is 1. The summed E-state index contributed by atoms with van der Waals surface area (Å²) in [6, 6.07) is 11.6. The molecule has 0 fully saturated rings. The van der Waals surface area contributed by atoms with Crippen molar-refractivity contribution < 1.29 is 75.9 Å². The molecule has 0 radical (unpaired) electrons. The van der Waals surface area contributed by atoms with Crippen LogP contribution in [0.5, 0.6) is 5.75 Å². The zero-order chi connectivity index (χ0) is 38.3. The molecule has 0 amide bonds. The predicted molar refractivity (Wildman–Crippen MR) is 154 cm³/mol. The minimum atomic E-state index is -5.84. The highest BCUT2D eigenvalue weighted by molar-refractivity contribution is 7.20. The van der Waals surface area contributed by atoms with Crippen LogP contribution >= 0.6 is 0 Å². The molecule has 5 aromatic rings. The molecule has 0 saturated heterocycles. The van der Waals surface area contributed by atoms with Crippen LogP contribution in [0.25, 0.3) is 0 Å². The van der Waals surface area contributed by atoms with E-state index < -0.39 is 121 Å². The third-order valence-electron chi connectivity index (χ3n) is 7.82. The first kappa shape index (κ1) is 38.7. The molecule has 0 bridgehead atoms. The summed E-state index contributed by atoms with van der Waals surface area (Å²) < 4.78 is 220. The van der Waals surface area contributed by atoms with Gasteiger partial charge < -0.3 is 10.0 Å². The van der Waals surface area contributed by atoms with Gasteiger partial charge in [-0.25, -0.2) is 65.9 Å². The zero-order valence-corrected chi connectivity index (χ0v) is 25.6. The molecular formula is C33H19BF15NO. The Hall–Kier alpha value is -5.13. The summed E-state index contributed by atoms with van der Waals surface area (Å²) in [6.45, 7) is 1.11. The Balaban J connectivity index is 0.000000502. The topological polar surface area (TPSA) is 24.7 Å². The van der Waals surface area contributed by atoms with Gasteiger partial charge in [-0.3, -0.25) is 0 Å². The molecule has 270 valence electrons. The highest BCUT2D eigenvalue weighted by Gasteiger charge is 2.48. The Labute approximate surface area is 277 Å². The fourth-order valence-corrected chi connectivity index (χ4v) is 5.71. The van der Waals surface area contributed by atoms with Crippen LogP contribution in [0.3, 0.4) is 0 Å². The van der Waals surface area contributed by atoms with Crippen molar-refractivity contribution in [1.82, 2.24) is 0 Å². The number of aromatic hydroxyl groups is 1. The maximum Gasteiger partial charge on any atom is 0.200 e. The fourth-order valence-electron chi connectivity index (χ4n) is 5.71. The van der Waals surface area contributed by atoms with Crippen molar-refractivity contribution in [3.63, 3.8) is 0 Å². The van der Waals surface area contributed by atoms with E-state index in [0.29, 0.717) is 12.1 Å². The van der Waals surface area contributed by atoms with E-state index in [4.69, 9.17) is 0 Å². The molecule has 2 N–H and O–H groups in total. The Kier molecular flexibility index (Phi) is 11.1. The lowest BCUT2D eigenvalue weighted by molar-refractivity contribution is -0.872. The minimum Gasteiger partial charge on any atom is -0.508 e. The fraction of sp³-hybridized carbons (Fsp3) is 0.0909. The van der Waals surface area contributed by atoms with Gasteiger partial charge in [-0.15, -0.1) is 16.4 Å². The quantitative estimate of drug-likeness (QED) is 0.107. The van der Waals surface area contributed by atoms with Crippen LogP contribution in [-0.2, 0) is 6.54 Å². The number of hydrogen-bond acceptors (Lipinski definition) is 1. The van der Waals surface area contributed by atoms with Gasteiger partial charge in [0.05, 0.1) is 14.1 Å². The van der Waals surface area contributed by atoms with E-state index in [1.807, 2.05) is 0 Å². The van der Waals surface area contributed by atoms with Gasteiger partial charge in [0, 0.05) is 5.56 Å². The van der Waals surface area contributed by atoms with Crippen LogP contribution in [-0.4, -0.2) is 25.3 Å². The summed E-state index contributed by atoms with van der Waals surface area (Å²) in [5, 5.41) is 9.59. The average Bonchev–Trinajstić information content (AvgIpc) is 3.10. The Morgan fingerprint density at radius 2 is 0.686 bits per heavy atom. The normalized spacial score (nSPS) is 11.6. The number of phenolic OH excluding ortho intramolecular Hbond substituents is 1. The summed E-state index contributed by atoms with van der Waals surface area (Å²) in [5.74, 6) is -47.1. The van der Waals surface area contributed by atoms with Crippen LogP contribution in [0.2, 0.25) is 0 Å². The maximum absolute atomic E-state index is 15.4. The summed E-state index contributed by atoms with van der Waals surface area (Å²) in [6.07, 6.45) is -5.84. The Morgan fingerprint density at radius 3 is 0.961 bits per heavy atom. The minimum absolute atomic E-state index is 0.184. The highest BCUT2D eigenvalue weighted by Crippen LogP contribution is 2.28. The van der Waals surface area contributed by atoms with Gasteiger partial charge in [0.15, 0.2) is 52.4 Å². The summed E-state index contributed by atoms with van der Waals surface area (Å²) in [5.41, 5.74) is -8.39. The molecule has 2 nitrogen and oxygen atoms in total. The van der Waals surface area contributed by atoms with Gasteiger partial charge in [-0.1, -0.05) is 42.5 Å². The highest BCUT2D eigenvalue weighted by atomic mass is 19.2. The Morgan fingerprint density at radius 1 is 0.412 bits per heavy atom. The first-order chi connectivity index (χ1) is 23.8. The van der Waals surface area contributed by atoms with Crippen molar-refractivity contribution in [2.24, 2.45) is 0 Å². The SMILES string of the molecule is C[NH+](C)Cc1ccccc1.Oc1ccc([B-](c2c(F)c(F)c(F)c(F)c2F)(c2c(F)c(F)c(F)c(F)c2F)c2c(F)c(F)c(F)c(F)c2F)cc1. The second kappa shape index (κ2) is 14.6. The molecule has 0 aliphatic heterocycles. The van der Waals surface area contributed by atoms with E-state index >= 15 is 26.3 Å². The van der Waals surface area contributed by atoms with Crippen molar-refractivity contribution in [2.45, 2.75) is 6.54 Å². The van der Waals surface area contributed by atoms with Gasteiger partial charge in [0.1, 0.15) is 53.3 Å². The Bertz CT molecular complexity index is 1870. The number of hydrogen-bond donors (Lipinski definition) is 2. The number of halogens is 15. The first-order valence-corrected chi connectivity index (χ1v) is 14.2.